The van der Waals surface area contributed by atoms with Gasteiger partial charge in [-0.3, -0.25) is 9.69 Å². The molecule has 2 N–H and O–H groups in total. The Labute approximate surface area is 135 Å². The Morgan fingerprint density at radius 2 is 1.91 bits per heavy atom. The summed E-state index contributed by atoms with van der Waals surface area (Å²) in [7, 11) is -3.11. The molecule has 1 amide bonds. The van der Waals surface area contributed by atoms with Crippen LogP contribution in [0.25, 0.3) is 0 Å². The molecule has 1 aromatic heterocycles. The summed E-state index contributed by atoms with van der Waals surface area (Å²) in [6.07, 6.45) is 2.71. The van der Waals surface area contributed by atoms with Crippen molar-refractivity contribution in [3.05, 3.63) is 17.5 Å². The molecule has 1 saturated heterocycles. The van der Waals surface area contributed by atoms with Gasteiger partial charge in [-0.1, -0.05) is 0 Å². The van der Waals surface area contributed by atoms with Crippen molar-refractivity contribution < 1.29 is 13.2 Å². The second kappa shape index (κ2) is 6.02. The van der Waals surface area contributed by atoms with Gasteiger partial charge in [-0.15, -0.1) is 0 Å². The molecule has 0 saturated carbocycles. The lowest BCUT2D eigenvalue weighted by atomic mass is 10.3. The summed E-state index contributed by atoms with van der Waals surface area (Å²) in [4.78, 5) is 24.1. The van der Waals surface area contributed by atoms with Crippen molar-refractivity contribution in [2.75, 3.05) is 51.3 Å². The van der Waals surface area contributed by atoms with Crippen LogP contribution >= 0.6 is 0 Å². The topological polar surface area (TPSA) is 113 Å². The van der Waals surface area contributed by atoms with Gasteiger partial charge >= 0.3 is 0 Å². The average molecular weight is 340 g/mol. The molecule has 1 aromatic rings. The first-order valence-corrected chi connectivity index (χ1v) is 9.27. The number of nitrogens with two attached hydrogens (primary N) is 1. The molecule has 0 aromatic carbocycles. The highest BCUT2D eigenvalue weighted by atomic mass is 32.2. The summed E-state index contributed by atoms with van der Waals surface area (Å²) in [5.41, 5.74) is 6.73. The summed E-state index contributed by atoms with van der Waals surface area (Å²) in [5.74, 6) is 0.102. The van der Waals surface area contributed by atoms with Crippen LogP contribution in [0.3, 0.4) is 0 Å². The van der Waals surface area contributed by atoms with Crippen molar-refractivity contribution >= 4 is 21.9 Å². The van der Waals surface area contributed by atoms with Crippen LogP contribution in [0.1, 0.15) is 16.1 Å². The maximum atomic E-state index is 12.3. The number of sulfonamides is 1. The zero-order valence-electron chi connectivity index (χ0n) is 13.0. The first-order chi connectivity index (χ1) is 10.8. The predicted octanol–water partition coefficient (Wildman–Crippen LogP) is -1.41. The molecule has 0 unspecified atom stereocenters. The number of anilines is 1. The van der Waals surface area contributed by atoms with Crippen LogP contribution in [0.15, 0.2) is 6.20 Å². The Bertz CT molecular complexity index is 714. The van der Waals surface area contributed by atoms with Gasteiger partial charge in [0.25, 0.3) is 5.91 Å². The van der Waals surface area contributed by atoms with E-state index in [1.165, 1.54) is 16.8 Å². The van der Waals surface area contributed by atoms with Crippen molar-refractivity contribution in [1.29, 1.82) is 0 Å². The fraction of sp³-hybridized carbons (Fsp3) is 0.615. The highest BCUT2D eigenvalue weighted by molar-refractivity contribution is 7.88. The highest BCUT2D eigenvalue weighted by Crippen LogP contribution is 2.20. The molecule has 3 heterocycles. The number of piperazine rings is 1. The third kappa shape index (κ3) is 3.43. The minimum atomic E-state index is -3.11. The number of nitrogen functional groups attached to an aromatic ring is 1. The van der Waals surface area contributed by atoms with Gasteiger partial charge in [0.1, 0.15) is 0 Å². The van der Waals surface area contributed by atoms with Gasteiger partial charge in [0, 0.05) is 45.5 Å². The molecule has 2 aliphatic rings. The first kappa shape index (κ1) is 16.1. The van der Waals surface area contributed by atoms with Crippen LogP contribution < -0.4 is 5.73 Å². The Balaban J connectivity index is 1.52. The summed E-state index contributed by atoms with van der Waals surface area (Å²) >= 11 is 0. The monoisotopic (exact) mass is 340 g/mol. The summed E-state index contributed by atoms with van der Waals surface area (Å²) in [6.45, 7) is 4.08. The number of hydrogen-bond acceptors (Lipinski definition) is 7. The quantitative estimate of drug-likeness (QED) is 0.716. The van der Waals surface area contributed by atoms with Gasteiger partial charge in [0.15, 0.2) is 0 Å². The number of carbonyl (C=O) groups excluding carboxylic acids is 1. The van der Waals surface area contributed by atoms with Crippen LogP contribution in [0, 0.1) is 0 Å². The van der Waals surface area contributed by atoms with E-state index in [2.05, 4.69) is 14.9 Å². The van der Waals surface area contributed by atoms with Gasteiger partial charge in [-0.2, -0.15) is 4.31 Å². The van der Waals surface area contributed by atoms with Crippen molar-refractivity contribution in [3.8, 4) is 0 Å². The van der Waals surface area contributed by atoms with Gasteiger partial charge in [-0.05, 0) is 0 Å². The Morgan fingerprint density at radius 1 is 1.22 bits per heavy atom. The molecular weight excluding hydrogens is 320 g/mol. The third-order valence-corrected chi connectivity index (χ3v) is 5.53. The van der Waals surface area contributed by atoms with Crippen molar-refractivity contribution in [2.45, 2.75) is 6.54 Å². The van der Waals surface area contributed by atoms with Crippen LogP contribution in [0.4, 0.5) is 5.95 Å². The standard InChI is InChI=1S/C13H20N6O3S/c1-23(21,22)19-6-3-17(4-7-19)2-5-18-9-11-10(12(18)20)8-15-13(14)16-11/h8H,2-7,9H2,1H3,(H2,14,15,16). The highest BCUT2D eigenvalue weighted by Gasteiger charge is 2.30. The molecule has 0 bridgehead atoms. The number of hydrogen-bond donors (Lipinski definition) is 1. The van der Waals surface area contributed by atoms with E-state index >= 15 is 0 Å². The summed E-state index contributed by atoms with van der Waals surface area (Å²) in [6, 6.07) is 0. The summed E-state index contributed by atoms with van der Waals surface area (Å²) < 4.78 is 24.5. The lowest BCUT2D eigenvalue weighted by molar-refractivity contribution is 0.0747. The van der Waals surface area contributed by atoms with Crippen LogP contribution in [0.2, 0.25) is 0 Å². The largest absolute Gasteiger partial charge is 0.368 e. The van der Waals surface area contributed by atoms with E-state index in [1.54, 1.807) is 4.90 Å². The number of fused-ring (bicyclic) bond motifs is 1. The molecular formula is C13H20N6O3S. The van der Waals surface area contributed by atoms with E-state index in [-0.39, 0.29) is 11.9 Å². The second-order valence-electron chi connectivity index (χ2n) is 5.82. The van der Waals surface area contributed by atoms with E-state index in [4.69, 9.17) is 5.73 Å². The lowest BCUT2D eigenvalue weighted by Crippen LogP contribution is -2.49. The van der Waals surface area contributed by atoms with E-state index in [0.29, 0.717) is 57.1 Å². The fourth-order valence-corrected chi connectivity index (χ4v) is 3.71. The molecule has 2 aliphatic heterocycles. The van der Waals surface area contributed by atoms with Crippen LogP contribution in [-0.4, -0.2) is 83.9 Å². The van der Waals surface area contributed by atoms with Crippen LogP contribution in [-0.2, 0) is 16.6 Å². The molecule has 10 heteroatoms. The number of amides is 1. The van der Waals surface area contributed by atoms with E-state index in [0.717, 1.165) is 0 Å². The average Bonchev–Trinajstić information content (AvgIpc) is 2.80. The molecule has 0 atom stereocenters. The van der Waals surface area contributed by atoms with E-state index < -0.39 is 10.0 Å². The molecule has 0 spiro atoms. The molecule has 3 rings (SSSR count). The zero-order valence-corrected chi connectivity index (χ0v) is 13.8. The van der Waals surface area contributed by atoms with Gasteiger partial charge in [0.2, 0.25) is 16.0 Å². The molecule has 0 radical (unpaired) electrons. The fourth-order valence-electron chi connectivity index (χ4n) is 2.88. The molecule has 9 nitrogen and oxygen atoms in total. The first-order valence-electron chi connectivity index (χ1n) is 7.43. The second-order valence-corrected chi connectivity index (χ2v) is 7.80. The maximum absolute atomic E-state index is 12.3. The third-order valence-electron chi connectivity index (χ3n) is 4.23. The number of aromatic nitrogens is 2. The Kier molecular flexibility index (Phi) is 4.21. The van der Waals surface area contributed by atoms with Crippen molar-refractivity contribution in [3.63, 3.8) is 0 Å². The van der Waals surface area contributed by atoms with E-state index in [1.807, 2.05) is 0 Å². The van der Waals surface area contributed by atoms with Crippen LogP contribution in [0.5, 0.6) is 0 Å². The molecule has 0 aliphatic carbocycles. The van der Waals surface area contributed by atoms with E-state index in [9.17, 15) is 13.2 Å². The number of nitrogens with zero attached hydrogens (tertiary/aromatic N) is 5. The Morgan fingerprint density at radius 3 is 2.57 bits per heavy atom. The SMILES string of the molecule is CS(=O)(=O)N1CCN(CCN2Cc3nc(N)ncc3C2=O)CC1. The maximum Gasteiger partial charge on any atom is 0.257 e. The number of rotatable bonds is 4. The zero-order chi connectivity index (χ0) is 16.6. The normalized spacial score (nSPS) is 20.0. The Hall–Kier alpha value is -1.78. The molecule has 1 fully saturated rings. The minimum absolute atomic E-state index is 0.0743. The number of carbonyl (C=O) groups is 1. The summed E-state index contributed by atoms with van der Waals surface area (Å²) in [5, 5.41) is 0. The van der Waals surface area contributed by atoms with Gasteiger partial charge < -0.3 is 10.6 Å². The lowest BCUT2D eigenvalue weighted by Gasteiger charge is -2.33. The predicted molar refractivity (Wildman–Crippen MR) is 84.0 cm³/mol. The smallest absolute Gasteiger partial charge is 0.257 e. The van der Waals surface area contributed by atoms with Crippen molar-refractivity contribution in [2.24, 2.45) is 0 Å². The van der Waals surface area contributed by atoms with Crippen molar-refractivity contribution in [1.82, 2.24) is 24.1 Å². The molecule has 126 valence electrons. The minimum Gasteiger partial charge on any atom is -0.368 e. The molecule has 23 heavy (non-hydrogen) atoms. The van der Waals surface area contributed by atoms with Gasteiger partial charge in [-0.25, -0.2) is 18.4 Å². The van der Waals surface area contributed by atoms with Gasteiger partial charge in [0.05, 0.1) is 24.1 Å².